The molecular formula is C23H21NO4. The molecule has 0 aliphatic carbocycles. The molecule has 0 radical (unpaired) electrons. The van der Waals surface area contributed by atoms with Crippen LogP contribution in [0.4, 0.5) is 0 Å². The molecule has 3 rings (SSSR count). The quantitative estimate of drug-likeness (QED) is 0.675. The number of amides is 1. The second-order valence-electron chi connectivity index (χ2n) is 6.32. The molecule has 0 spiro atoms. The number of carboxylic acids is 1. The fourth-order valence-corrected chi connectivity index (χ4v) is 3.05. The molecule has 142 valence electrons. The van der Waals surface area contributed by atoms with Gasteiger partial charge in [0.15, 0.2) is 0 Å². The SMILES string of the molecule is COc1ccccc1-c1cccc(C(=O)N(CC(=O)O)Cc2ccccc2)c1. The molecule has 0 saturated heterocycles. The molecule has 0 aliphatic heterocycles. The van der Waals surface area contributed by atoms with E-state index in [4.69, 9.17) is 4.74 Å². The third-order valence-electron chi connectivity index (χ3n) is 4.36. The van der Waals surface area contributed by atoms with Crippen LogP contribution in [-0.4, -0.2) is 35.5 Å². The van der Waals surface area contributed by atoms with Crippen molar-refractivity contribution in [1.29, 1.82) is 0 Å². The van der Waals surface area contributed by atoms with E-state index in [2.05, 4.69) is 0 Å². The van der Waals surface area contributed by atoms with Crippen LogP contribution in [-0.2, 0) is 11.3 Å². The summed E-state index contributed by atoms with van der Waals surface area (Å²) < 4.78 is 5.41. The van der Waals surface area contributed by atoms with Crippen molar-refractivity contribution in [2.75, 3.05) is 13.7 Å². The molecule has 0 fully saturated rings. The first-order valence-electron chi connectivity index (χ1n) is 8.87. The smallest absolute Gasteiger partial charge is 0.323 e. The Balaban J connectivity index is 1.92. The van der Waals surface area contributed by atoms with Gasteiger partial charge in [-0.05, 0) is 29.3 Å². The van der Waals surface area contributed by atoms with Crippen LogP contribution in [0, 0.1) is 0 Å². The number of benzene rings is 3. The summed E-state index contributed by atoms with van der Waals surface area (Å²) in [5.74, 6) is -0.674. The average molecular weight is 375 g/mol. The van der Waals surface area contributed by atoms with Crippen molar-refractivity contribution in [2.24, 2.45) is 0 Å². The molecule has 0 saturated carbocycles. The van der Waals surface area contributed by atoms with Gasteiger partial charge in [0, 0.05) is 17.7 Å². The Hall–Kier alpha value is -3.60. The number of para-hydroxylation sites is 1. The fourth-order valence-electron chi connectivity index (χ4n) is 3.05. The van der Waals surface area contributed by atoms with Gasteiger partial charge in [-0.1, -0.05) is 60.7 Å². The summed E-state index contributed by atoms with van der Waals surface area (Å²) in [6.45, 7) is -0.141. The van der Waals surface area contributed by atoms with Crippen molar-refractivity contribution in [3.63, 3.8) is 0 Å². The third-order valence-corrected chi connectivity index (χ3v) is 4.36. The highest BCUT2D eigenvalue weighted by atomic mass is 16.5. The fraction of sp³-hybridized carbons (Fsp3) is 0.130. The highest BCUT2D eigenvalue weighted by molar-refractivity contribution is 5.97. The summed E-state index contributed by atoms with van der Waals surface area (Å²) in [5, 5.41) is 9.25. The third kappa shape index (κ3) is 4.57. The minimum Gasteiger partial charge on any atom is -0.496 e. The average Bonchev–Trinajstić information content (AvgIpc) is 2.73. The van der Waals surface area contributed by atoms with Crippen LogP contribution in [0.3, 0.4) is 0 Å². The van der Waals surface area contributed by atoms with Gasteiger partial charge < -0.3 is 14.7 Å². The molecule has 0 heterocycles. The zero-order valence-corrected chi connectivity index (χ0v) is 15.5. The lowest BCUT2D eigenvalue weighted by atomic mass is 10.0. The highest BCUT2D eigenvalue weighted by Crippen LogP contribution is 2.30. The first kappa shape index (κ1) is 19.2. The first-order valence-corrected chi connectivity index (χ1v) is 8.87. The zero-order chi connectivity index (χ0) is 19.9. The number of methoxy groups -OCH3 is 1. The van der Waals surface area contributed by atoms with Crippen molar-refractivity contribution in [3.05, 3.63) is 90.0 Å². The Labute approximate surface area is 163 Å². The topological polar surface area (TPSA) is 66.8 Å². The van der Waals surface area contributed by atoms with Crippen LogP contribution >= 0.6 is 0 Å². The second-order valence-corrected chi connectivity index (χ2v) is 6.32. The number of carboxylic acid groups (broad SMARTS) is 1. The van der Waals surface area contributed by atoms with Crippen molar-refractivity contribution >= 4 is 11.9 Å². The Morgan fingerprint density at radius 2 is 1.64 bits per heavy atom. The van der Waals surface area contributed by atoms with E-state index < -0.39 is 5.97 Å². The van der Waals surface area contributed by atoms with Crippen LogP contribution in [0.15, 0.2) is 78.9 Å². The number of ether oxygens (including phenoxy) is 1. The molecule has 28 heavy (non-hydrogen) atoms. The Kier molecular flexibility index (Phi) is 6.07. The van der Waals surface area contributed by atoms with E-state index in [9.17, 15) is 14.7 Å². The minimum absolute atomic E-state index is 0.227. The van der Waals surface area contributed by atoms with E-state index in [1.807, 2.05) is 60.7 Å². The molecule has 5 heteroatoms. The monoisotopic (exact) mass is 375 g/mol. The lowest BCUT2D eigenvalue weighted by molar-refractivity contribution is -0.137. The number of aliphatic carboxylic acids is 1. The summed E-state index contributed by atoms with van der Waals surface area (Å²) in [7, 11) is 1.60. The van der Waals surface area contributed by atoms with E-state index in [0.29, 0.717) is 11.3 Å². The first-order chi connectivity index (χ1) is 13.6. The van der Waals surface area contributed by atoms with Gasteiger partial charge >= 0.3 is 5.97 Å². The number of hydrogen-bond donors (Lipinski definition) is 1. The number of rotatable bonds is 7. The normalized spacial score (nSPS) is 10.3. The molecule has 1 N–H and O–H groups in total. The maximum atomic E-state index is 13.1. The summed E-state index contributed by atoms with van der Waals surface area (Å²) >= 11 is 0. The van der Waals surface area contributed by atoms with Crippen molar-refractivity contribution in [3.8, 4) is 16.9 Å². The van der Waals surface area contributed by atoms with E-state index in [1.54, 1.807) is 25.3 Å². The van der Waals surface area contributed by atoms with Crippen molar-refractivity contribution in [2.45, 2.75) is 6.54 Å². The molecule has 5 nitrogen and oxygen atoms in total. The Morgan fingerprint density at radius 3 is 2.36 bits per heavy atom. The lowest BCUT2D eigenvalue weighted by Crippen LogP contribution is -2.35. The maximum absolute atomic E-state index is 13.1. The van der Waals surface area contributed by atoms with E-state index >= 15 is 0 Å². The number of nitrogens with zero attached hydrogens (tertiary/aromatic N) is 1. The number of hydrogen-bond acceptors (Lipinski definition) is 3. The van der Waals surface area contributed by atoms with Gasteiger partial charge in [-0.2, -0.15) is 0 Å². The van der Waals surface area contributed by atoms with Gasteiger partial charge in [-0.3, -0.25) is 9.59 Å². The number of carbonyl (C=O) groups excluding carboxylic acids is 1. The predicted octanol–water partition coefficient (Wildman–Crippen LogP) is 4.09. The molecule has 0 atom stereocenters. The van der Waals surface area contributed by atoms with Crippen LogP contribution in [0.25, 0.3) is 11.1 Å². The van der Waals surface area contributed by atoms with E-state index in [0.717, 1.165) is 16.7 Å². The summed E-state index contributed by atoms with van der Waals surface area (Å²) in [6, 6.07) is 24.0. The standard InChI is InChI=1S/C23H21NO4/c1-28-21-13-6-5-12-20(21)18-10-7-11-19(14-18)23(27)24(16-22(25)26)15-17-8-3-2-4-9-17/h2-14H,15-16H2,1H3,(H,25,26). The molecule has 0 unspecified atom stereocenters. The lowest BCUT2D eigenvalue weighted by Gasteiger charge is -2.21. The minimum atomic E-state index is -1.05. The highest BCUT2D eigenvalue weighted by Gasteiger charge is 2.19. The summed E-state index contributed by atoms with van der Waals surface area (Å²) in [5.41, 5.74) is 3.00. The van der Waals surface area contributed by atoms with E-state index in [1.165, 1.54) is 4.90 Å². The van der Waals surface area contributed by atoms with Crippen LogP contribution in [0.5, 0.6) is 5.75 Å². The molecular weight excluding hydrogens is 354 g/mol. The van der Waals surface area contributed by atoms with Gasteiger partial charge in [-0.15, -0.1) is 0 Å². The molecule has 0 bridgehead atoms. The predicted molar refractivity (Wildman–Crippen MR) is 107 cm³/mol. The molecule has 1 amide bonds. The van der Waals surface area contributed by atoms with Gasteiger partial charge in [0.1, 0.15) is 12.3 Å². The second kappa shape index (κ2) is 8.86. The molecule has 3 aromatic carbocycles. The van der Waals surface area contributed by atoms with Crippen LogP contribution in [0.1, 0.15) is 15.9 Å². The van der Waals surface area contributed by atoms with Crippen molar-refractivity contribution in [1.82, 2.24) is 4.90 Å². The summed E-state index contributed by atoms with van der Waals surface area (Å²) in [6.07, 6.45) is 0. The van der Waals surface area contributed by atoms with Gasteiger partial charge in [0.2, 0.25) is 0 Å². The van der Waals surface area contributed by atoms with Crippen LogP contribution < -0.4 is 4.74 Å². The Bertz CT molecular complexity index is 969. The van der Waals surface area contributed by atoms with Crippen molar-refractivity contribution < 1.29 is 19.4 Å². The van der Waals surface area contributed by atoms with Gasteiger partial charge in [0.25, 0.3) is 5.91 Å². The largest absolute Gasteiger partial charge is 0.496 e. The Morgan fingerprint density at radius 1 is 0.929 bits per heavy atom. The maximum Gasteiger partial charge on any atom is 0.323 e. The molecule has 3 aromatic rings. The molecule has 0 aromatic heterocycles. The van der Waals surface area contributed by atoms with Gasteiger partial charge in [-0.25, -0.2) is 0 Å². The van der Waals surface area contributed by atoms with E-state index in [-0.39, 0.29) is 19.0 Å². The number of carbonyl (C=O) groups is 2. The zero-order valence-electron chi connectivity index (χ0n) is 15.5. The van der Waals surface area contributed by atoms with Crippen LogP contribution in [0.2, 0.25) is 0 Å². The van der Waals surface area contributed by atoms with Gasteiger partial charge in [0.05, 0.1) is 7.11 Å². The molecule has 0 aliphatic rings. The summed E-state index contributed by atoms with van der Waals surface area (Å²) in [4.78, 5) is 25.7.